The van der Waals surface area contributed by atoms with Crippen molar-refractivity contribution < 1.29 is 44.8 Å². The predicted octanol–water partition coefficient (Wildman–Crippen LogP) is 2.66. The van der Waals surface area contributed by atoms with Crippen molar-refractivity contribution in [3.8, 4) is 0 Å². The van der Waals surface area contributed by atoms with Crippen LogP contribution in [0.15, 0.2) is 12.1 Å². The molecule has 0 heterocycles. The summed E-state index contributed by atoms with van der Waals surface area (Å²) in [6.45, 7) is 1.12. The minimum absolute atomic E-state index is 0.249. The van der Waals surface area contributed by atoms with Crippen LogP contribution < -0.4 is 0 Å². The normalized spacial score (nSPS) is 12.3. The smallest absolute Gasteiger partial charge is 0.394 e. The number of halogens is 5. The summed E-state index contributed by atoms with van der Waals surface area (Å²) >= 11 is 0. The van der Waals surface area contributed by atoms with Gasteiger partial charge in [-0.1, -0.05) is 0 Å². The summed E-state index contributed by atoms with van der Waals surface area (Å²) in [6, 6.07) is 0.864. The second kappa shape index (κ2) is 7.34. The summed E-state index contributed by atoms with van der Waals surface area (Å²) < 4.78 is 85.3. The molecule has 0 aliphatic carbocycles. The lowest BCUT2D eigenvalue weighted by atomic mass is 10.2. The van der Waals surface area contributed by atoms with Gasteiger partial charge in [-0.3, -0.25) is 0 Å². The van der Waals surface area contributed by atoms with Crippen LogP contribution >= 0.6 is 0 Å². The zero-order chi connectivity index (χ0) is 17.8. The number of hydrogen-bond donors (Lipinski definition) is 0. The number of rotatable bonds is 7. The highest BCUT2D eigenvalue weighted by molar-refractivity contribution is 6.63. The minimum Gasteiger partial charge on any atom is -0.394 e. The molecule has 0 bridgehead atoms. The van der Waals surface area contributed by atoms with Crippen LogP contribution in [0.5, 0.6) is 0 Å². The van der Waals surface area contributed by atoms with Gasteiger partial charge in [0.05, 0.1) is 5.56 Å². The van der Waals surface area contributed by atoms with Crippen molar-refractivity contribution >= 4 is 14.8 Å². The fourth-order valence-corrected chi connectivity index (χ4v) is 3.27. The van der Waals surface area contributed by atoms with E-state index in [9.17, 15) is 26.7 Å². The van der Waals surface area contributed by atoms with E-state index < -0.39 is 43.5 Å². The second-order valence-electron chi connectivity index (χ2n) is 4.03. The third-order valence-corrected chi connectivity index (χ3v) is 5.26. The molecular weight excluding hydrogens is 347 g/mol. The third-order valence-electron chi connectivity index (χ3n) is 2.70. The molecule has 0 saturated carbocycles. The maximum atomic E-state index is 14.1. The van der Waals surface area contributed by atoms with Gasteiger partial charge in [0.2, 0.25) is 0 Å². The zero-order valence-corrected chi connectivity index (χ0v) is 13.3. The number of ether oxygens (including phenoxy) is 1. The molecule has 0 atom stereocenters. The highest BCUT2D eigenvalue weighted by Gasteiger charge is 2.68. The number of carbonyl (C=O) groups is 1. The summed E-state index contributed by atoms with van der Waals surface area (Å²) in [5.74, 6) is -7.46. The molecule has 0 N–H and O–H groups in total. The quantitative estimate of drug-likeness (QED) is 0.324. The Morgan fingerprint density at radius 2 is 1.70 bits per heavy atom. The summed E-state index contributed by atoms with van der Waals surface area (Å²) in [5.41, 5.74) is -5.60. The van der Waals surface area contributed by atoms with E-state index in [4.69, 9.17) is 4.43 Å². The minimum atomic E-state index is -4.78. The molecule has 23 heavy (non-hydrogen) atoms. The van der Waals surface area contributed by atoms with Gasteiger partial charge in [0.1, 0.15) is 0 Å². The Morgan fingerprint density at radius 3 is 2.17 bits per heavy atom. The Bertz CT molecular complexity index is 579. The van der Waals surface area contributed by atoms with Crippen molar-refractivity contribution in [2.75, 3.05) is 20.8 Å². The Morgan fingerprint density at radius 1 is 1.13 bits per heavy atom. The molecule has 1 aromatic carbocycles. The number of hydrogen-bond acceptors (Lipinski definition) is 5. The summed E-state index contributed by atoms with van der Waals surface area (Å²) in [6.07, 6.45) is 0. The largest absolute Gasteiger partial charge is 0.627 e. The first-order chi connectivity index (χ1) is 10.7. The Labute approximate surface area is 129 Å². The van der Waals surface area contributed by atoms with Gasteiger partial charge in [-0.05, 0) is 19.1 Å². The van der Waals surface area contributed by atoms with Crippen molar-refractivity contribution in [3.05, 3.63) is 35.1 Å². The van der Waals surface area contributed by atoms with Crippen molar-refractivity contribution in [2.24, 2.45) is 0 Å². The van der Waals surface area contributed by atoms with E-state index in [0.29, 0.717) is 12.1 Å². The van der Waals surface area contributed by atoms with Crippen molar-refractivity contribution in [1.82, 2.24) is 0 Å². The molecule has 0 amide bonds. The molecular formula is C12H13F5O5Si. The molecule has 0 aliphatic rings. The van der Waals surface area contributed by atoms with Gasteiger partial charge in [0.15, 0.2) is 17.5 Å². The maximum absolute atomic E-state index is 14.1. The molecule has 1 aromatic rings. The van der Waals surface area contributed by atoms with Crippen LogP contribution in [-0.4, -0.2) is 41.3 Å². The Balaban J connectivity index is 3.14. The van der Waals surface area contributed by atoms with Crippen LogP contribution in [0, 0.1) is 17.5 Å². The fraction of sp³-hybridized carbons (Fsp3) is 0.417. The van der Waals surface area contributed by atoms with Gasteiger partial charge in [-0.2, -0.15) is 8.78 Å². The van der Waals surface area contributed by atoms with E-state index in [0.717, 1.165) is 14.2 Å². The van der Waals surface area contributed by atoms with Crippen LogP contribution in [0.3, 0.4) is 0 Å². The van der Waals surface area contributed by atoms with E-state index in [2.05, 4.69) is 13.6 Å². The van der Waals surface area contributed by atoms with Gasteiger partial charge in [-0.25, -0.2) is 18.0 Å². The fourth-order valence-electron chi connectivity index (χ4n) is 1.63. The topological polar surface area (TPSA) is 54.0 Å². The van der Waals surface area contributed by atoms with Gasteiger partial charge < -0.3 is 18.0 Å². The average molecular weight is 360 g/mol. The zero-order valence-electron chi connectivity index (χ0n) is 12.3. The SMILES string of the molecule is CCO[Si](OC)(OC)C(F)(F)OC(=O)c1ccc(F)c(F)c1F. The predicted molar refractivity (Wildman–Crippen MR) is 68.1 cm³/mol. The van der Waals surface area contributed by atoms with Crippen LogP contribution in [0.1, 0.15) is 17.3 Å². The van der Waals surface area contributed by atoms with Crippen LogP contribution in [0.25, 0.3) is 0 Å². The molecule has 0 aliphatic heterocycles. The highest BCUT2D eigenvalue weighted by atomic mass is 28.4. The first-order valence-corrected chi connectivity index (χ1v) is 7.87. The molecule has 11 heteroatoms. The van der Waals surface area contributed by atoms with E-state index in [1.807, 2.05) is 0 Å². The molecule has 1 rings (SSSR count). The van der Waals surface area contributed by atoms with E-state index in [1.165, 1.54) is 6.92 Å². The molecule has 0 aromatic heterocycles. The summed E-state index contributed by atoms with van der Waals surface area (Å²) in [7, 11) is -3.07. The molecule has 0 spiro atoms. The van der Waals surface area contributed by atoms with Crippen LogP contribution in [-0.2, 0) is 18.0 Å². The number of esters is 1. The van der Waals surface area contributed by atoms with Crippen LogP contribution in [0.2, 0.25) is 0 Å². The molecule has 5 nitrogen and oxygen atoms in total. The first-order valence-electron chi connectivity index (χ1n) is 6.14. The van der Waals surface area contributed by atoms with E-state index in [1.54, 1.807) is 0 Å². The molecule has 130 valence electrons. The standard InChI is InChI=1S/C12H13F5O5Si/c1-4-21-23(19-2,20-3)12(16,17)22-11(18)7-5-6-8(13)10(15)9(7)14/h5-6H,4H2,1-3H3. The number of benzene rings is 1. The van der Waals surface area contributed by atoms with E-state index in [-0.39, 0.29) is 6.61 Å². The summed E-state index contributed by atoms with van der Waals surface area (Å²) in [4.78, 5) is 11.7. The van der Waals surface area contributed by atoms with Gasteiger partial charge in [-0.15, -0.1) is 0 Å². The lowest BCUT2D eigenvalue weighted by Gasteiger charge is -2.31. The van der Waals surface area contributed by atoms with Crippen molar-refractivity contribution in [3.63, 3.8) is 0 Å². The monoisotopic (exact) mass is 360 g/mol. The molecule has 0 saturated heterocycles. The molecule has 0 fully saturated rings. The lowest BCUT2D eigenvalue weighted by molar-refractivity contribution is -0.186. The average Bonchev–Trinajstić information content (AvgIpc) is 2.49. The highest BCUT2D eigenvalue weighted by Crippen LogP contribution is 2.32. The third kappa shape index (κ3) is 3.68. The van der Waals surface area contributed by atoms with Crippen LogP contribution in [0.4, 0.5) is 22.0 Å². The summed E-state index contributed by atoms with van der Waals surface area (Å²) in [5, 5.41) is 0. The maximum Gasteiger partial charge on any atom is 0.627 e. The van der Waals surface area contributed by atoms with Crippen molar-refractivity contribution in [2.45, 2.75) is 12.7 Å². The van der Waals surface area contributed by atoms with Gasteiger partial charge >= 0.3 is 20.5 Å². The van der Waals surface area contributed by atoms with Gasteiger partial charge in [0.25, 0.3) is 0 Å². The van der Waals surface area contributed by atoms with E-state index >= 15 is 0 Å². The number of alkyl halides is 2. The second-order valence-corrected chi connectivity index (χ2v) is 6.83. The molecule has 0 radical (unpaired) electrons. The van der Waals surface area contributed by atoms with Crippen molar-refractivity contribution in [1.29, 1.82) is 0 Å². The Kier molecular flexibility index (Phi) is 6.22. The lowest BCUT2D eigenvalue weighted by Crippen LogP contribution is -2.61. The van der Waals surface area contributed by atoms with Gasteiger partial charge in [0, 0.05) is 20.8 Å². The number of carbonyl (C=O) groups excluding carboxylic acids is 1. The Hall–Kier alpha value is -1.56. The first kappa shape index (κ1) is 19.5. The molecule has 0 unspecified atom stereocenters.